The molecule has 0 aromatic heterocycles. The van der Waals surface area contributed by atoms with E-state index >= 15 is 0 Å². The van der Waals surface area contributed by atoms with E-state index in [9.17, 15) is 8.78 Å². The molecule has 0 aliphatic heterocycles. The summed E-state index contributed by atoms with van der Waals surface area (Å²) >= 11 is 6.05. The van der Waals surface area contributed by atoms with Crippen molar-refractivity contribution < 1.29 is 8.78 Å². The van der Waals surface area contributed by atoms with Gasteiger partial charge in [-0.3, -0.25) is 0 Å². The summed E-state index contributed by atoms with van der Waals surface area (Å²) in [7, 11) is 0. The van der Waals surface area contributed by atoms with Gasteiger partial charge >= 0.3 is 0 Å². The van der Waals surface area contributed by atoms with Gasteiger partial charge in [0.25, 0.3) is 0 Å². The average molecular weight is 254 g/mol. The molecule has 0 aliphatic carbocycles. The van der Waals surface area contributed by atoms with Crippen molar-refractivity contribution in [1.29, 1.82) is 0 Å². The SMILES string of the molecule is NCc1ccc(-c2cc(F)cc(F)c2)c(Cl)c1. The van der Waals surface area contributed by atoms with Gasteiger partial charge in [-0.25, -0.2) is 8.78 Å². The Morgan fingerprint density at radius 2 is 1.65 bits per heavy atom. The van der Waals surface area contributed by atoms with Crippen molar-refractivity contribution in [2.24, 2.45) is 5.73 Å². The summed E-state index contributed by atoms with van der Waals surface area (Å²) in [5.41, 5.74) is 7.35. The third kappa shape index (κ3) is 2.62. The molecule has 1 nitrogen and oxygen atoms in total. The maximum Gasteiger partial charge on any atom is 0.126 e. The molecule has 2 rings (SSSR count). The zero-order valence-electron chi connectivity index (χ0n) is 8.88. The lowest BCUT2D eigenvalue weighted by Gasteiger charge is -2.07. The van der Waals surface area contributed by atoms with E-state index < -0.39 is 11.6 Å². The van der Waals surface area contributed by atoms with Gasteiger partial charge in [-0.15, -0.1) is 0 Å². The van der Waals surface area contributed by atoms with Gasteiger partial charge in [0.1, 0.15) is 11.6 Å². The van der Waals surface area contributed by atoms with Crippen LogP contribution in [0.25, 0.3) is 11.1 Å². The lowest BCUT2D eigenvalue weighted by Crippen LogP contribution is -1.96. The fourth-order valence-corrected chi connectivity index (χ4v) is 1.94. The van der Waals surface area contributed by atoms with Crippen molar-refractivity contribution in [2.75, 3.05) is 0 Å². The van der Waals surface area contributed by atoms with Crippen LogP contribution in [-0.2, 0) is 6.54 Å². The van der Waals surface area contributed by atoms with E-state index in [0.29, 0.717) is 22.7 Å². The van der Waals surface area contributed by atoms with Gasteiger partial charge in [0.15, 0.2) is 0 Å². The monoisotopic (exact) mass is 253 g/mol. The molecule has 4 heteroatoms. The summed E-state index contributed by atoms with van der Waals surface area (Å²) in [6.45, 7) is 0.373. The molecule has 2 aromatic carbocycles. The number of nitrogens with two attached hydrogens (primary N) is 1. The van der Waals surface area contributed by atoms with Crippen LogP contribution in [-0.4, -0.2) is 0 Å². The molecule has 0 unspecified atom stereocenters. The van der Waals surface area contributed by atoms with Gasteiger partial charge in [0, 0.05) is 23.2 Å². The highest BCUT2D eigenvalue weighted by molar-refractivity contribution is 6.33. The highest BCUT2D eigenvalue weighted by Gasteiger charge is 2.07. The first-order chi connectivity index (χ1) is 8.10. The first kappa shape index (κ1) is 12.0. The maximum atomic E-state index is 13.1. The molecular weight excluding hydrogens is 244 g/mol. The van der Waals surface area contributed by atoms with E-state index in [1.807, 2.05) is 0 Å². The molecule has 0 bridgehead atoms. The van der Waals surface area contributed by atoms with Crippen molar-refractivity contribution in [3.05, 3.63) is 58.6 Å². The van der Waals surface area contributed by atoms with Gasteiger partial charge in [-0.2, -0.15) is 0 Å². The first-order valence-electron chi connectivity index (χ1n) is 5.05. The fourth-order valence-electron chi connectivity index (χ4n) is 1.63. The zero-order valence-corrected chi connectivity index (χ0v) is 9.64. The number of halogens is 3. The Bertz CT molecular complexity index is 535. The summed E-state index contributed by atoms with van der Waals surface area (Å²) in [6.07, 6.45) is 0. The second kappa shape index (κ2) is 4.82. The van der Waals surface area contributed by atoms with E-state index in [0.717, 1.165) is 11.6 Å². The fraction of sp³-hybridized carbons (Fsp3) is 0.0769. The molecule has 0 radical (unpaired) electrons. The van der Waals surface area contributed by atoms with Crippen molar-refractivity contribution in [2.45, 2.75) is 6.54 Å². The van der Waals surface area contributed by atoms with E-state index in [-0.39, 0.29) is 0 Å². The van der Waals surface area contributed by atoms with Crippen LogP contribution in [0.5, 0.6) is 0 Å². The van der Waals surface area contributed by atoms with Crippen LogP contribution < -0.4 is 5.73 Å². The lowest BCUT2D eigenvalue weighted by molar-refractivity contribution is 0.584. The lowest BCUT2D eigenvalue weighted by atomic mass is 10.0. The normalized spacial score (nSPS) is 10.6. The topological polar surface area (TPSA) is 26.0 Å². The van der Waals surface area contributed by atoms with Crippen LogP contribution in [0.2, 0.25) is 5.02 Å². The molecule has 88 valence electrons. The zero-order chi connectivity index (χ0) is 12.4. The second-order valence-corrected chi connectivity index (χ2v) is 4.08. The quantitative estimate of drug-likeness (QED) is 0.867. The molecule has 17 heavy (non-hydrogen) atoms. The highest BCUT2D eigenvalue weighted by atomic mass is 35.5. The van der Waals surface area contributed by atoms with Crippen LogP contribution in [0.1, 0.15) is 5.56 Å². The highest BCUT2D eigenvalue weighted by Crippen LogP contribution is 2.29. The molecule has 2 aromatic rings. The molecule has 0 atom stereocenters. The van der Waals surface area contributed by atoms with E-state index in [2.05, 4.69) is 0 Å². The summed E-state index contributed by atoms with van der Waals surface area (Å²) in [6, 6.07) is 8.49. The van der Waals surface area contributed by atoms with E-state index in [1.54, 1.807) is 18.2 Å². The molecule has 0 saturated heterocycles. The second-order valence-electron chi connectivity index (χ2n) is 3.68. The molecule has 0 fully saturated rings. The minimum atomic E-state index is -0.626. The summed E-state index contributed by atoms with van der Waals surface area (Å²) in [5.74, 6) is -1.25. The minimum Gasteiger partial charge on any atom is -0.326 e. The number of rotatable bonds is 2. The van der Waals surface area contributed by atoms with Crippen molar-refractivity contribution in [3.8, 4) is 11.1 Å². The Morgan fingerprint density at radius 1 is 1.00 bits per heavy atom. The van der Waals surface area contributed by atoms with E-state index in [1.165, 1.54) is 12.1 Å². The van der Waals surface area contributed by atoms with Crippen molar-refractivity contribution in [3.63, 3.8) is 0 Å². The summed E-state index contributed by atoms with van der Waals surface area (Å²) in [5, 5.41) is 0.429. The molecule has 0 amide bonds. The Labute approximate surface area is 103 Å². The molecule has 0 spiro atoms. The van der Waals surface area contributed by atoms with Gasteiger partial charge < -0.3 is 5.73 Å². The third-order valence-corrected chi connectivity index (χ3v) is 2.76. The Hall–Kier alpha value is -1.45. The first-order valence-corrected chi connectivity index (χ1v) is 5.43. The van der Waals surface area contributed by atoms with Gasteiger partial charge in [0.05, 0.1) is 0 Å². The summed E-state index contributed by atoms with van der Waals surface area (Å²) < 4.78 is 26.2. The Balaban J connectivity index is 2.52. The van der Waals surface area contributed by atoms with Crippen LogP contribution in [0.15, 0.2) is 36.4 Å². The Kier molecular flexibility index (Phi) is 3.41. The molecule has 0 heterocycles. The van der Waals surface area contributed by atoms with Crippen LogP contribution in [0.4, 0.5) is 8.78 Å². The van der Waals surface area contributed by atoms with Crippen LogP contribution in [0.3, 0.4) is 0 Å². The minimum absolute atomic E-state index is 0.373. The van der Waals surface area contributed by atoms with Gasteiger partial charge in [0.2, 0.25) is 0 Å². The van der Waals surface area contributed by atoms with Gasteiger partial charge in [-0.1, -0.05) is 23.7 Å². The number of benzene rings is 2. The number of hydrogen-bond donors (Lipinski definition) is 1. The smallest absolute Gasteiger partial charge is 0.126 e. The standard InChI is InChI=1S/C13H10ClF2N/c14-13-3-8(7-17)1-2-12(13)9-4-10(15)6-11(16)5-9/h1-6H,7,17H2. The predicted molar refractivity (Wildman–Crippen MR) is 64.7 cm³/mol. The van der Waals surface area contributed by atoms with Crippen LogP contribution >= 0.6 is 11.6 Å². The molecule has 2 N–H and O–H groups in total. The average Bonchev–Trinajstić information content (AvgIpc) is 2.27. The Morgan fingerprint density at radius 3 is 2.18 bits per heavy atom. The van der Waals surface area contributed by atoms with Gasteiger partial charge in [-0.05, 0) is 29.3 Å². The number of hydrogen-bond acceptors (Lipinski definition) is 1. The van der Waals surface area contributed by atoms with E-state index in [4.69, 9.17) is 17.3 Å². The van der Waals surface area contributed by atoms with Crippen molar-refractivity contribution >= 4 is 11.6 Å². The third-order valence-electron chi connectivity index (χ3n) is 2.44. The summed E-state index contributed by atoms with van der Waals surface area (Å²) in [4.78, 5) is 0. The molecule has 0 aliphatic rings. The van der Waals surface area contributed by atoms with Crippen LogP contribution in [0, 0.1) is 11.6 Å². The van der Waals surface area contributed by atoms with Crippen molar-refractivity contribution in [1.82, 2.24) is 0 Å². The maximum absolute atomic E-state index is 13.1. The molecule has 0 saturated carbocycles. The predicted octanol–water partition coefficient (Wildman–Crippen LogP) is 3.74. The molecular formula is C13H10ClF2N. The largest absolute Gasteiger partial charge is 0.326 e.